The van der Waals surface area contributed by atoms with Gasteiger partial charge in [-0.25, -0.2) is 0 Å². The summed E-state index contributed by atoms with van der Waals surface area (Å²) in [6, 6.07) is 6.05. The lowest BCUT2D eigenvalue weighted by Gasteiger charge is -2.14. The number of carbonyl (C=O) groups excluding carboxylic acids is 1. The van der Waals surface area contributed by atoms with Gasteiger partial charge in [-0.05, 0) is 36.6 Å². The van der Waals surface area contributed by atoms with Crippen LogP contribution in [-0.4, -0.2) is 37.7 Å². The number of aliphatic carboxylic acids is 1. The fraction of sp³-hybridized carbons (Fsp3) is 0.450. The highest BCUT2D eigenvalue weighted by atomic mass is 32.2. The standard InChI is InChI=1S/C20H24N2O5S2/c23-18(24)8-6-4-2-1-3-5-7-13-21-19(25)17(29-20(21)28)14-15-9-11-16(12-10-15)22(26)27/h9-12,14H,1-8,13H2,(H,23,24)/b17-14-. The molecule has 156 valence electrons. The molecule has 0 aromatic heterocycles. The maximum atomic E-state index is 12.6. The summed E-state index contributed by atoms with van der Waals surface area (Å²) in [4.78, 5) is 35.4. The highest BCUT2D eigenvalue weighted by molar-refractivity contribution is 8.26. The van der Waals surface area contributed by atoms with E-state index in [1.807, 2.05) is 0 Å². The van der Waals surface area contributed by atoms with E-state index < -0.39 is 10.9 Å². The van der Waals surface area contributed by atoms with Gasteiger partial charge in [-0.1, -0.05) is 56.1 Å². The molecule has 0 spiro atoms. The monoisotopic (exact) mass is 436 g/mol. The first-order valence-corrected chi connectivity index (χ1v) is 10.8. The number of nitro benzene ring substituents is 1. The fourth-order valence-corrected chi connectivity index (χ4v) is 4.28. The van der Waals surface area contributed by atoms with E-state index in [1.165, 1.54) is 23.9 Å². The van der Waals surface area contributed by atoms with Crippen LogP contribution in [0.5, 0.6) is 0 Å². The first kappa shape index (κ1) is 23.0. The Labute approximate surface area is 179 Å². The molecule has 1 aromatic carbocycles. The maximum Gasteiger partial charge on any atom is 0.303 e. The van der Waals surface area contributed by atoms with E-state index >= 15 is 0 Å². The number of amides is 1. The van der Waals surface area contributed by atoms with E-state index in [-0.39, 0.29) is 18.0 Å². The average Bonchev–Trinajstić information content (AvgIpc) is 2.94. The van der Waals surface area contributed by atoms with E-state index in [2.05, 4.69) is 0 Å². The van der Waals surface area contributed by atoms with Gasteiger partial charge in [0, 0.05) is 25.1 Å². The van der Waals surface area contributed by atoms with Crippen LogP contribution in [-0.2, 0) is 9.59 Å². The zero-order chi connectivity index (χ0) is 21.2. The number of non-ortho nitro benzene ring substituents is 1. The van der Waals surface area contributed by atoms with Crippen LogP contribution in [0.2, 0.25) is 0 Å². The number of hydrogen-bond donors (Lipinski definition) is 1. The highest BCUT2D eigenvalue weighted by Crippen LogP contribution is 2.33. The molecule has 0 unspecified atom stereocenters. The van der Waals surface area contributed by atoms with Gasteiger partial charge in [-0.3, -0.25) is 24.6 Å². The first-order valence-electron chi connectivity index (χ1n) is 9.60. The minimum absolute atomic E-state index is 0.0107. The molecule has 1 aromatic rings. The number of hydrogen-bond acceptors (Lipinski definition) is 6. The van der Waals surface area contributed by atoms with Crippen LogP contribution in [0.3, 0.4) is 0 Å². The summed E-state index contributed by atoms with van der Waals surface area (Å²) >= 11 is 6.58. The van der Waals surface area contributed by atoms with Crippen LogP contribution < -0.4 is 0 Å². The number of carboxylic acids is 1. The number of benzene rings is 1. The van der Waals surface area contributed by atoms with Crippen LogP contribution in [0.15, 0.2) is 29.2 Å². The van der Waals surface area contributed by atoms with Crippen molar-refractivity contribution in [2.45, 2.75) is 51.4 Å². The lowest BCUT2D eigenvalue weighted by atomic mass is 10.1. The number of rotatable bonds is 12. The number of nitrogens with zero attached hydrogens (tertiary/aromatic N) is 2. The quantitative estimate of drug-likeness (QED) is 0.162. The van der Waals surface area contributed by atoms with Crippen molar-refractivity contribution >= 4 is 51.9 Å². The van der Waals surface area contributed by atoms with Crippen LogP contribution in [0, 0.1) is 10.1 Å². The second-order valence-corrected chi connectivity index (χ2v) is 8.48. The van der Waals surface area contributed by atoms with Crippen molar-refractivity contribution in [1.82, 2.24) is 4.90 Å². The Morgan fingerprint density at radius 3 is 2.28 bits per heavy atom. The molecule has 1 saturated heterocycles. The number of thioether (sulfide) groups is 1. The maximum absolute atomic E-state index is 12.6. The van der Waals surface area contributed by atoms with Gasteiger partial charge in [0.1, 0.15) is 4.32 Å². The Bertz CT molecular complexity index is 793. The topological polar surface area (TPSA) is 101 Å². The summed E-state index contributed by atoms with van der Waals surface area (Å²) in [5, 5.41) is 19.3. The number of thiocarbonyl (C=S) groups is 1. The molecule has 0 atom stereocenters. The van der Waals surface area contributed by atoms with Gasteiger partial charge in [0.25, 0.3) is 11.6 Å². The zero-order valence-corrected chi connectivity index (χ0v) is 17.7. The summed E-state index contributed by atoms with van der Waals surface area (Å²) in [6.45, 7) is 0.585. The van der Waals surface area contributed by atoms with Gasteiger partial charge >= 0.3 is 5.97 Å². The summed E-state index contributed by atoms with van der Waals surface area (Å²) < 4.78 is 0.539. The molecule has 9 heteroatoms. The Hall–Kier alpha value is -2.26. The SMILES string of the molecule is O=C(O)CCCCCCCCCN1C(=O)/C(=C/c2ccc([N+](=O)[O-])cc2)SC1=S. The van der Waals surface area contributed by atoms with Gasteiger partial charge in [0.2, 0.25) is 0 Å². The van der Waals surface area contributed by atoms with Crippen molar-refractivity contribution in [3.8, 4) is 0 Å². The van der Waals surface area contributed by atoms with Crippen molar-refractivity contribution in [3.63, 3.8) is 0 Å². The second-order valence-electron chi connectivity index (χ2n) is 6.80. The van der Waals surface area contributed by atoms with Gasteiger partial charge in [-0.2, -0.15) is 0 Å². The number of unbranched alkanes of at least 4 members (excludes halogenated alkanes) is 6. The second kappa shape index (κ2) is 11.7. The van der Waals surface area contributed by atoms with Gasteiger partial charge in [0.05, 0.1) is 9.83 Å². The highest BCUT2D eigenvalue weighted by Gasteiger charge is 2.31. The zero-order valence-electron chi connectivity index (χ0n) is 16.0. The summed E-state index contributed by atoms with van der Waals surface area (Å²) in [5.74, 6) is -0.858. The number of carboxylic acid groups (broad SMARTS) is 1. The van der Waals surface area contributed by atoms with E-state index in [0.29, 0.717) is 15.8 Å². The first-order chi connectivity index (χ1) is 13.9. The molecule has 2 rings (SSSR count). The molecular formula is C20H24N2O5S2. The Balaban J connectivity index is 1.73. The third-order valence-electron chi connectivity index (χ3n) is 4.55. The number of carbonyl (C=O) groups is 2. The molecule has 0 bridgehead atoms. The molecule has 7 nitrogen and oxygen atoms in total. The normalized spacial score (nSPS) is 15.3. The fourth-order valence-electron chi connectivity index (χ4n) is 2.97. The van der Waals surface area contributed by atoms with Crippen molar-refractivity contribution in [2.24, 2.45) is 0 Å². The predicted octanol–water partition coefficient (Wildman–Crippen LogP) is 5.00. The van der Waals surface area contributed by atoms with Gasteiger partial charge in [-0.15, -0.1) is 0 Å². The molecule has 29 heavy (non-hydrogen) atoms. The minimum Gasteiger partial charge on any atom is -0.481 e. The van der Waals surface area contributed by atoms with E-state index in [1.54, 1.807) is 23.1 Å². The predicted molar refractivity (Wildman–Crippen MR) is 118 cm³/mol. The van der Waals surface area contributed by atoms with E-state index in [4.69, 9.17) is 17.3 Å². The third-order valence-corrected chi connectivity index (χ3v) is 5.93. The molecule has 0 saturated carbocycles. The molecule has 1 aliphatic rings. The van der Waals surface area contributed by atoms with E-state index in [0.717, 1.165) is 50.5 Å². The summed E-state index contributed by atoms with van der Waals surface area (Å²) in [7, 11) is 0. The largest absolute Gasteiger partial charge is 0.481 e. The van der Waals surface area contributed by atoms with Gasteiger partial charge in [0.15, 0.2) is 0 Å². The minimum atomic E-state index is -0.740. The van der Waals surface area contributed by atoms with Crippen LogP contribution in [0.1, 0.15) is 56.9 Å². The molecule has 1 amide bonds. The number of nitro groups is 1. The lowest BCUT2D eigenvalue weighted by molar-refractivity contribution is -0.384. The molecule has 0 aliphatic carbocycles. The molecule has 1 fully saturated rings. The molecule has 1 aliphatic heterocycles. The van der Waals surface area contributed by atoms with Crippen LogP contribution in [0.4, 0.5) is 5.69 Å². The van der Waals surface area contributed by atoms with Gasteiger partial charge < -0.3 is 5.11 Å². The molecule has 1 heterocycles. The Kier molecular flexibility index (Phi) is 9.27. The summed E-state index contributed by atoms with van der Waals surface area (Å²) in [5.41, 5.74) is 0.732. The van der Waals surface area contributed by atoms with Crippen molar-refractivity contribution in [2.75, 3.05) is 6.54 Å². The van der Waals surface area contributed by atoms with Crippen molar-refractivity contribution < 1.29 is 19.6 Å². The van der Waals surface area contributed by atoms with Crippen molar-refractivity contribution in [3.05, 3.63) is 44.8 Å². The Morgan fingerprint density at radius 1 is 1.10 bits per heavy atom. The molecule has 0 radical (unpaired) electrons. The average molecular weight is 437 g/mol. The Morgan fingerprint density at radius 2 is 1.69 bits per heavy atom. The smallest absolute Gasteiger partial charge is 0.303 e. The van der Waals surface area contributed by atoms with Crippen LogP contribution >= 0.6 is 24.0 Å². The third kappa shape index (κ3) is 7.58. The molecular weight excluding hydrogens is 412 g/mol. The van der Waals surface area contributed by atoms with Crippen molar-refractivity contribution in [1.29, 1.82) is 0 Å². The van der Waals surface area contributed by atoms with E-state index in [9.17, 15) is 19.7 Å². The molecule has 1 N–H and O–H groups in total. The van der Waals surface area contributed by atoms with Crippen LogP contribution in [0.25, 0.3) is 6.08 Å². The lowest BCUT2D eigenvalue weighted by Crippen LogP contribution is -2.29. The summed E-state index contributed by atoms with van der Waals surface area (Å²) in [6.07, 6.45) is 8.64.